The number of amides is 1. The summed E-state index contributed by atoms with van der Waals surface area (Å²) in [6.45, 7) is 6.22. The largest absolute Gasteiger partial charge is 0.490 e. The van der Waals surface area contributed by atoms with E-state index in [2.05, 4.69) is 26.1 Å². The summed E-state index contributed by atoms with van der Waals surface area (Å²) in [6, 6.07) is 10.5. The van der Waals surface area contributed by atoms with E-state index in [1.54, 1.807) is 18.2 Å². The monoisotopic (exact) mass is 414 g/mol. The third-order valence-electron chi connectivity index (χ3n) is 4.68. The molecule has 0 aromatic heterocycles. The zero-order valence-electron chi connectivity index (χ0n) is 17.7. The minimum absolute atomic E-state index is 0.0311. The lowest BCUT2D eigenvalue weighted by Crippen LogP contribution is -2.43. The fourth-order valence-electron chi connectivity index (χ4n) is 2.94. The molecule has 30 heavy (non-hydrogen) atoms. The van der Waals surface area contributed by atoms with Gasteiger partial charge in [-0.3, -0.25) is 14.9 Å². The number of nitro benzene ring substituents is 1. The minimum Gasteiger partial charge on any atom is -0.490 e. The van der Waals surface area contributed by atoms with Gasteiger partial charge >= 0.3 is 11.7 Å². The quantitative estimate of drug-likeness (QED) is 0.423. The third-order valence-corrected chi connectivity index (χ3v) is 4.68. The molecule has 1 amide bonds. The smallest absolute Gasteiger partial charge is 0.328 e. The highest BCUT2D eigenvalue weighted by molar-refractivity contribution is 5.96. The maximum absolute atomic E-state index is 12.7. The second-order valence-corrected chi connectivity index (χ2v) is 7.84. The van der Waals surface area contributed by atoms with Crippen LogP contribution in [0.15, 0.2) is 42.5 Å². The number of carbonyl (C=O) groups excluding carboxylic acids is 2. The summed E-state index contributed by atoms with van der Waals surface area (Å²) in [5.74, 6) is -0.969. The standard InChI is InChI=1S/C22H26N2O6/c1-22(2,3)16-9-7-15(8-10-16)20(25)23-17(21(26)30-5)12-14-6-11-19(29-4)18(13-14)24(27)28/h6-11,13,17H,12H2,1-5H3,(H,23,25)/t17-/m0/s1. The van der Waals surface area contributed by atoms with Crippen LogP contribution < -0.4 is 10.1 Å². The molecule has 0 aliphatic rings. The number of benzene rings is 2. The molecule has 0 fully saturated rings. The molecule has 8 heteroatoms. The minimum atomic E-state index is -1.00. The van der Waals surface area contributed by atoms with E-state index in [0.29, 0.717) is 11.1 Å². The van der Waals surface area contributed by atoms with Crippen molar-refractivity contribution in [3.05, 3.63) is 69.3 Å². The Morgan fingerprint density at radius 1 is 1.10 bits per heavy atom. The number of nitrogens with zero attached hydrogens (tertiary/aromatic N) is 1. The van der Waals surface area contributed by atoms with Crippen LogP contribution in [0, 0.1) is 10.1 Å². The molecule has 0 bridgehead atoms. The first-order valence-electron chi connectivity index (χ1n) is 9.37. The summed E-state index contributed by atoms with van der Waals surface area (Å²) >= 11 is 0. The predicted molar refractivity (Wildman–Crippen MR) is 112 cm³/mol. The molecule has 0 saturated carbocycles. The van der Waals surface area contributed by atoms with Crippen molar-refractivity contribution in [1.29, 1.82) is 0 Å². The molecule has 2 aromatic rings. The highest BCUT2D eigenvalue weighted by Gasteiger charge is 2.25. The number of ether oxygens (including phenoxy) is 2. The summed E-state index contributed by atoms with van der Waals surface area (Å²) in [7, 11) is 2.56. The maximum Gasteiger partial charge on any atom is 0.328 e. The van der Waals surface area contributed by atoms with E-state index in [1.807, 2.05) is 12.1 Å². The molecular weight excluding hydrogens is 388 g/mol. The van der Waals surface area contributed by atoms with Crippen molar-refractivity contribution in [3.63, 3.8) is 0 Å². The molecule has 0 unspecified atom stereocenters. The van der Waals surface area contributed by atoms with E-state index in [1.165, 1.54) is 26.4 Å². The van der Waals surface area contributed by atoms with Crippen molar-refractivity contribution in [2.45, 2.75) is 38.6 Å². The van der Waals surface area contributed by atoms with Gasteiger partial charge in [0.25, 0.3) is 5.91 Å². The fraction of sp³-hybridized carbons (Fsp3) is 0.364. The Morgan fingerprint density at radius 3 is 2.23 bits per heavy atom. The van der Waals surface area contributed by atoms with Gasteiger partial charge < -0.3 is 14.8 Å². The normalized spacial score (nSPS) is 12.0. The molecule has 0 saturated heterocycles. The van der Waals surface area contributed by atoms with Crippen LogP contribution >= 0.6 is 0 Å². The maximum atomic E-state index is 12.7. The van der Waals surface area contributed by atoms with Gasteiger partial charge in [0.05, 0.1) is 19.1 Å². The van der Waals surface area contributed by atoms with Gasteiger partial charge in [-0.25, -0.2) is 4.79 Å². The Bertz CT molecular complexity index is 932. The molecule has 160 valence electrons. The lowest BCUT2D eigenvalue weighted by Gasteiger charge is -2.20. The van der Waals surface area contributed by atoms with Gasteiger partial charge in [-0.15, -0.1) is 0 Å². The Balaban J connectivity index is 2.22. The number of nitrogens with one attached hydrogen (secondary N) is 1. The highest BCUT2D eigenvalue weighted by atomic mass is 16.6. The topological polar surface area (TPSA) is 108 Å². The van der Waals surface area contributed by atoms with Crippen molar-refractivity contribution >= 4 is 17.6 Å². The van der Waals surface area contributed by atoms with E-state index in [-0.39, 0.29) is 23.3 Å². The van der Waals surface area contributed by atoms with E-state index in [4.69, 9.17) is 9.47 Å². The molecule has 1 N–H and O–H groups in total. The van der Waals surface area contributed by atoms with Gasteiger partial charge in [0.1, 0.15) is 6.04 Å². The van der Waals surface area contributed by atoms with Crippen LogP contribution in [0.5, 0.6) is 5.75 Å². The average Bonchev–Trinajstić information content (AvgIpc) is 2.71. The third kappa shape index (κ3) is 5.56. The number of hydrogen-bond donors (Lipinski definition) is 1. The molecule has 0 spiro atoms. The van der Waals surface area contributed by atoms with Crippen molar-refractivity contribution in [2.75, 3.05) is 14.2 Å². The average molecular weight is 414 g/mol. The summed E-state index contributed by atoms with van der Waals surface area (Å²) < 4.78 is 9.78. The molecule has 8 nitrogen and oxygen atoms in total. The molecule has 2 aromatic carbocycles. The Kier molecular flexibility index (Phi) is 7.15. The van der Waals surface area contributed by atoms with Crippen LogP contribution in [-0.4, -0.2) is 37.1 Å². The zero-order chi connectivity index (χ0) is 22.5. The van der Waals surface area contributed by atoms with Crippen LogP contribution in [0.3, 0.4) is 0 Å². The number of rotatable bonds is 7. The SMILES string of the molecule is COC(=O)[C@H](Cc1ccc(OC)c([N+](=O)[O-])c1)NC(=O)c1ccc(C(C)(C)C)cc1. The Morgan fingerprint density at radius 2 is 1.73 bits per heavy atom. The molecule has 0 aliphatic carbocycles. The number of nitro groups is 1. The summed E-state index contributed by atoms with van der Waals surface area (Å²) in [4.78, 5) is 35.5. The lowest BCUT2D eigenvalue weighted by atomic mass is 9.86. The van der Waals surface area contributed by atoms with Crippen LogP contribution in [-0.2, 0) is 21.4 Å². The second-order valence-electron chi connectivity index (χ2n) is 7.84. The number of carbonyl (C=O) groups is 2. The van der Waals surface area contributed by atoms with Gasteiger partial charge in [0, 0.05) is 18.1 Å². The summed E-state index contributed by atoms with van der Waals surface area (Å²) in [5.41, 5.74) is 1.70. The van der Waals surface area contributed by atoms with E-state index >= 15 is 0 Å². The van der Waals surface area contributed by atoms with Crippen LogP contribution in [0.4, 0.5) is 5.69 Å². The number of esters is 1. The number of hydrogen-bond acceptors (Lipinski definition) is 6. The molecular formula is C22H26N2O6. The molecule has 0 radical (unpaired) electrons. The van der Waals surface area contributed by atoms with Crippen LogP contribution in [0.25, 0.3) is 0 Å². The van der Waals surface area contributed by atoms with Crippen molar-refractivity contribution < 1.29 is 24.0 Å². The summed E-state index contributed by atoms with van der Waals surface area (Å²) in [5, 5.41) is 13.9. The number of methoxy groups -OCH3 is 2. The first kappa shape index (κ1) is 22.9. The van der Waals surface area contributed by atoms with Crippen molar-refractivity contribution in [2.24, 2.45) is 0 Å². The van der Waals surface area contributed by atoms with E-state index < -0.39 is 22.8 Å². The van der Waals surface area contributed by atoms with Gasteiger partial charge in [-0.1, -0.05) is 39.0 Å². The van der Waals surface area contributed by atoms with E-state index in [0.717, 1.165) is 5.56 Å². The van der Waals surface area contributed by atoms with E-state index in [9.17, 15) is 19.7 Å². The fourth-order valence-corrected chi connectivity index (χ4v) is 2.94. The Hall–Kier alpha value is -3.42. The van der Waals surface area contributed by atoms with Gasteiger partial charge in [0.2, 0.25) is 0 Å². The van der Waals surface area contributed by atoms with Gasteiger partial charge in [-0.05, 0) is 34.7 Å². The highest BCUT2D eigenvalue weighted by Crippen LogP contribution is 2.28. The first-order valence-corrected chi connectivity index (χ1v) is 9.37. The first-order chi connectivity index (χ1) is 14.1. The summed E-state index contributed by atoms with van der Waals surface area (Å²) in [6.07, 6.45) is 0.0311. The molecule has 2 rings (SSSR count). The van der Waals surface area contributed by atoms with Crippen molar-refractivity contribution in [1.82, 2.24) is 5.32 Å². The zero-order valence-corrected chi connectivity index (χ0v) is 17.7. The van der Waals surface area contributed by atoms with Crippen molar-refractivity contribution in [3.8, 4) is 5.75 Å². The van der Waals surface area contributed by atoms with Gasteiger partial charge in [0.15, 0.2) is 5.75 Å². The van der Waals surface area contributed by atoms with Crippen LogP contribution in [0.2, 0.25) is 0 Å². The lowest BCUT2D eigenvalue weighted by molar-refractivity contribution is -0.385. The molecule has 0 aliphatic heterocycles. The second kappa shape index (κ2) is 9.39. The Labute approximate surface area is 175 Å². The molecule has 1 atom stereocenters. The van der Waals surface area contributed by atoms with Crippen LogP contribution in [0.1, 0.15) is 42.3 Å². The predicted octanol–water partition coefficient (Wildman–Crippen LogP) is 3.42. The molecule has 0 heterocycles. The van der Waals surface area contributed by atoms with Gasteiger partial charge in [-0.2, -0.15) is 0 Å².